The summed E-state index contributed by atoms with van der Waals surface area (Å²) in [6.45, 7) is 11.3. The molecule has 3 heterocycles. The Kier molecular flexibility index (Phi) is 7.48. The van der Waals surface area contributed by atoms with Gasteiger partial charge < -0.3 is 20.9 Å². The zero-order chi connectivity index (χ0) is 24.2. The van der Waals surface area contributed by atoms with E-state index in [-0.39, 0.29) is 0 Å². The number of nitrogens with one attached hydrogen (secondary N) is 4. The molecule has 9 heteroatoms. The number of likely N-dealkylation sites (tertiary alicyclic amines) is 1. The van der Waals surface area contributed by atoms with E-state index in [9.17, 15) is 0 Å². The van der Waals surface area contributed by atoms with Crippen LogP contribution in [-0.4, -0.2) is 50.4 Å². The van der Waals surface area contributed by atoms with E-state index < -0.39 is 0 Å². The first-order valence-electron chi connectivity index (χ1n) is 11.7. The Labute approximate surface area is 206 Å². The van der Waals surface area contributed by atoms with Crippen LogP contribution >= 0.6 is 11.6 Å². The molecule has 1 saturated heterocycles. The number of nitrogens with zero attached hydrogens (tertiary/aromatic N) is 4. The average molecular weight is 481 g/mol. The Balaban J connectivity index is 1.44. The van der Waals surface area contributed by atoms with Crippen molar-refractivity contribution in [2.75, 3.05) is 30.3 Å². The summed E-state index contributed by atoms with van der Waals surface area (Å²) in [5.74, 6) is 2.20. The second-order valence-electron chi connectivity index (χ2n) is 9.25. The molecule has 0 amide bonds. The van der Waals surface area contributed by atoms with Crippen LogP contribution in [0.5, 0.6) is 0 Å². The quantitative estimate of drug-likeness (QED) is 0.300. The molecule has 4 rings (SSSR count). The Morgan fingerprint density at radius 3 is 2.59 bits per heavy atom. The van der Waals surface area contributed by atoms with Crippen molar-refractivity contribution in [1.82, 2.24) is 25.1 Å². The maximum Gasteiger partial charge on any atom is 0.229 e. The number of anilines is 4. The lowest BCUT2D eigenvalue weighted by atomic mass is 9.85. The Hall–Kier alpha value is -2.97. The summed E-state index contributed by atoms with van der Waals surface area (Å²) in [6, 6.07) is 6.38. The van der Waals surface area contributed by atoms with Crippen molar-refractivity contribution in [1.29, 1.82) is 5.41 Å². The highest BCUT2D eigenvalue weighted by Gasteiger charge is 2.22. The number of halogens is 1. The van der Waals surface area contributed by atoms with Crippen LogP contribution in [0.25, 0.3) is 0 Å². The standard InChI is InChI=1S/C25H33ClN8/c1-15-12-22(16(2)11-20(15)19-6-9-34(10-7-19)8-5-17(3)27)29-25-28-14-21(26)24(31-25)30-23-13-18(4)32-33-23/h11-14,19,27H,5-10H2,1-4H3,(H3,28,29,30,31,32,33). The fraction of sp³-hybridized carbons (Fsp3) is 0.440. The third-order valence-corrected chi connectivity index (χ3v) is 6.66. The molecule has 0 unspecified atom stereocenters. The van der Waals surface area contributed by atoms with Gasteiger partial charge >= 0.3 is 0 Å². The normalized spacial score (nSPS) is 14.9. The summed E-state index contributed by atoms with van der Waals surface area (Å²) in [6.07, 6.45) is 4.77. The number of hydrogen-bond acceptors (Lipinski definition) is 7. The molecule has 2 aromatic heterocycles. The van der Waals surface area contributed by atoms with Crippen LogP contribution in [0.2, 0.25) is 5.02 Å². The lowest BCUT2D eigenvalue weighted by molar-refractivity contribution is 0.217. The van der Waals surface area contributed by atoms with E-state index in [0.29, 0.717) is 28.5 Å². The van der Waals surface area contributed by atoms with Gasteiger partial charge in [0.15, 0.2) is 11.6 Å². The molecular formula is C25H33ClN8. The predicted molar refractivity (Wildman–Crippen MR) is 139 cm³/mol. The first kappa shape index (κ1) is 24.2. The van der Waals surface area contributed by atoms with Crippen molar-refractivity contribution in [2.45, 2.75) is 52.9 Å². The Morgan fingerprint density at radius 1 is 1.15 bits per heavy atom. The van der Waals surface area contributed by atoms with Crippen molar-refractivity contribution >= 4 is 40.6 Å². The summed E-state index contributed by atoms with van der Waals surface area (Å²) in [4.78, 5) is 11.4. The first-order chi connectivity index (χ1) is 16.3. The van der Waals surface area contributed by atoms with Crippen LogP contribution in [-0.2, 0) is 0 Å². The SMILES string of the molecule is CC(=N)CCN1CCC(c2cc(C)c(Nc3ncc(Cl)c(Nc4cc(C)[nH]n4)n3)cc2C)CC1. The molecule has 0 radical (unpaired) electrons. The number of aryl methyl sites for hydroxylation is 3. The molecule has 8 nitrogen and oxygen atoms in total. The van der Waals surface area contributed by atoms with Crippen molar-refractivity contribution in [2.24, 2.45) is 0 Å². The fourth-order valence-corrected chi connectivity index (χ4v) is 4.58. The van der Waals surface area contributed by atoms with Gasteiger partial charge in [0.2, 0.25) is 5.95 Å². The van der Waals surface area contributed by atoms with E-state index in [0.717, 1.165) is 56.0 Å². The maximum absolute atomic E-state index is 7.66. The molecule has 0 atom stereocenters. The minimum absolute atomic E-state index is 0.427. The molecule has 0 spiro atoms. The van der Waals surface area contributed by atoms with Gasteiger partial charge in [0.05, 0.1) is 6.20 Å². The maximum atomic E-state index is 7.66. The second kappa shape index (κ2) is 10.5. The van der Waals surface area contributed by atoms with Crippen LogP contribution in [0, 0.1) is 26.2 Å². The number of benzene rings is 1. The Bertz CT molecular complexity index is 1160. The highest BCUT2D eigenvalue weighted by Crippen LogP contribution is 2.34. The molecule has 180 valence electrons. The van der Waals surface area contributed by atoms with E-state index in [1.54, 1.807) is 6.20 Å². The number of aromatic amines is 1. The minimum Gasteiger partial charge on any atom is -0.324 e. The zero-order valence-electron chi connectivity index (χ0n) is 20.3. The number of piperidine rings is 1. The van der Waals surface area contributed by atoms with Crippen molar-refractivity contribution in [3.05, 3.63) is 51.8 Å². The summed E-state index contributed by atoms with van der Waals surface area (Å²) in [5.41, 5.74) is 6.58. The van der Waals surface area contributed by atoms with Gasteiger partial charge in [-0.2, -0.15) is 10.1 Å². The molecule has 4 N–H and O–H groups in total. The van der Waals surface area contributed by atoms with E-state index in [1.807, 2.05) is 19.9 Å². The molecule has 1 fully saturated rings. The largest absolute Gasteiger partial charge is 0.324 e. The number of hydrogen-bond donors (Lipinski definition) is 4. The van der Waals surface area contributed by atoms with Gasteiger partial charge in [-0.05, 0) is 88.7 Å². The molecule has 34 heavy (non-hydrogen) atoms. The topological polar surface area (TPSA) is 106 Å². The molecule has 3 aromatic rings. The van der Waals surface area contributed by atoms with Crippen LogP contribution in [0.4, 0.5) is 23.3 Å². The third-order valence-electron chi connectivity index (χ3n) is 6.39. The monoisotopic (exact) mass is 480 g/mol. The van der Waals surface area contributed by atoms with Crippen LogP contribution in [0.1, 0.15) is 54.5 Å². The van der Waals surface area contributed by atoms with E-state index >= 15 is 0 Å². The van der Waals surface area contributed by atoms with Crippen molar-refractivity contribution in [3.63, 3.8) is 0 Å². The molecule has 0 aliphatic carbocycles. The van der Waals surface area contributed by atoms with Crippen molar-refractivity contribution < 1.29 is 0 Å². The zero-order valence-corrected chi connectivity index (χ0v) is 21.1. The number of rotatable bonds is 8. The number of aromatic nitrogens is 4. The summed E-state index contributed by atoms with van der Waals surface area (Å²) in [7, 11) is 0. The van der Waals surface area contributed by atoms with E-state index in [2.05, 4.69) is 61.7 Å². The van der Waals surface area contributed by atoms with E-state index in [4.69, 9.17) is 17.0 Å². The lowest BCUT2D eigenvalue weighted by Crippen LogP contribution is -2.34. The van der Waals surface area contributed by atoms with E-state index in [1.165, 1.54) is 16.7 Å². The lowest BCUT2D eigenvalue weighted by Gasteiger charge is -2.33. The van der Waals surface area contributed by atoms with Crippen LogP contribution < -0.4 is 10.6 Å². The second-order valence-corrected chi connectivity index (χ2v) is 9.65. The molecule has 1 aliphatic rings. The van der Waals surface area contributed by atoms with Gasteiger partial charge in [0.1, 0.15) is 5.02 Å². The van der Waals surface area contributed by atoms with Gasteiger partial charge in [-0.15, -0.1) is 0 Å². The highest BCUT2D eigenvalue weighted by atomic mass is 35.5. The van der Waals surface area contributed by atoms with Gasteiger partial charge in [-0.1, -0.05) is 17.7 Å². The molecule has 1 aromatic carbocycles. The fourth-order valence-electron chi connectivity index (χ4n) is 4.45. The highest BCUT2D eigenvalue weighted by molar-refractivity contribution is 6.32. The van der Waals surface area contributed by atoms with Gasteiger partial charge in [-0.25, -0.2) is 4.98 Å². The van der Waals surface area contributed by atoms with Crippen LogP contribution in [0.3, 0.4) is 0 Å². The molecule has 0 saturated carbocycles. The average Bonchev–Trinajstić information content (AvgIpc) is 3.21. The molecule has 0 bridgehead atoms. The summed E-state index contributed by atoms with van der Waals surface area (Å²) in [5, 5.41) is 21.7. The molecule has 1 aliphatic heterocycles. The minimum atomic E-state index is 0.427. The first-order valence-corrected chi connectivity index (χ1v) is 12.1. The number of H-pyrrole nitrogens is 1. The van der Waals surface area contributed by atoms with Crippen molar-refractivity contribution in [3.8, 4) is 0 Å². The van der Waals surface area contributed by atoms with Gasteiger partial charge in [0.25, 0.3) is 0 Å². The predicted octanol–water partition coefficient (Wildman–Crippen LogP) is 5.87. The smallest absolute Gasteiger partial charge is 0.229 e. The third kappa shape index (κ3) is 5.93. The molecular weight excluding hydrogens is 448 g/mol. The summed E-state index contributed by atoms with van der Waals surface area (Å²) < 4.78 is 0. The van der Waals surface area contributed by atoms with Gasteiger partial charge in [-0.3, -0.25) is 5.10 Å². The van der Waals surface area contributed by atoms with Crippen LogP contribution in [0.15, 0.2) is 24.4 Å². The van der Waals surface area contributed by atoms with Gasteiger partial charge in [0, 0.05) is 29.7 Å². The Morgan fingerprint density at radius 2 is 1.91 bits per heavy atom. The summed E-state index contributed by atoms with van der Waals surface area (Å²) >= 11 is 6.30.